The summed E-state index contributed by atoms with van der Waals surface area (Å²) >= 11 is 3.64. The van der Waals surface area contributed by atoms with Gasteiger partial charge in [-0.25, -0.2) is 9.97 Å². The molecule has 4 N–H and O–H groups in total. The van der Waals surface area contributed by atoms with Crippen molar-refractivity contribution in [2.75, 3.05) is 18.8 Å². The zero-order chi connectivity index (χ0) is 19.5. The summed E-state index contributed by atoms with van der Waals surface area (Å²) in [5.41, 5.74) is 8.64. The van der Waals surface area contributed by atoms with Gasteiger partial charge in [0.15, 0.2) is 5.13 Å². The van der Waals surface area contributed by atoms with E-state index < -0.39 is 0 Å². The molecule has 0 radical (unpaired) electrons. The Hall–Kier alpha value is -1.02. The molecule has 0 spiro atoms. The van der Waals surface area contributed by atoms with Gasteiger partial charge in [-0.3, -0.25) is 0 Å². The second-order valence-electron chi connectivity index (χ2n) is 8.14. The van der Waals surface area contributed by atoms with Crippen LogP contribution in [0.25, 0.3) is 0 Å². The van der Waals surface area contributed by atoms with Crippen LogP contribution in [0.3, 0.4) is 0 Å². The van der Waals surface area contributed by atoms with E-state index in [4.69, 9.17) is 10.7 Å². The second-order valence-corrected chi connectivity index (χ2v) is 10.4. The minimum absolute atomic E-state index is 0.451. The van der Waals surface area contributed by atoms with E-state index >= 15 is 0 Å². The van der Waals surface area contributed by atoms with Gasteiger partial charge in [0.05, 0.1) is 16.4 Å². The van der Waals surface area contributed by atoms with Gasteiger partial charge in [-0.2, -0.15) is 0 Å². The van der Waals surface area contributed by atoms with E-state index in [1.807, 2.05) is 11.3 Å². The third-order valence-electron chi connectivity index (χ3n) is 5.98. The maximum absolute atomic E-state index is 6.06. The van der Waals surface area contributed by atoms with Crippen molar-refractivity contribution in [1.29, 1.82) is 0 Å². The van der Waals surface area contributed by atoms with E-state index in [0.29, 0.717) is 18.0 Å². The van der Waals surface area contributed by atoms with Crippen molar-refractivity contribution in [3.63, 3.8) is 0 Å². The Labute approximate surface area is 176 Å². The monoisotopic (exact) mass is 419 g/mol. The van der Waals surface area contributed by atoms with Crippen molar-refractivity contribution in [3.05, 3.63) is 26.1 Å². The van der Waals surface area contributed by atoms with Gasteiger partial charge in [0, 0.05) is 34.2 Å². The summed E-state index contributed by atoms with van der Waals surface area (Å²) in [6.07, 6.45) is 9.05. The second kappa shape index (κ2) is 9.20. The van der Waals surface area contributed by atoms with Crippen LogP contribution >= 0.6 is 22.7 Å². The first-order valence-electron chi connectivity index (χ1n) is 10.9. The molecule has 4 rings (SSSR count). The Morgan fingerprint density at radius 1 is 1.00 bits per heavy atom. The Morgan fingerprint density at radius 2 is 1.79 bits per heavy atom. The lowest BCUT2D eigenvalue weighted by molar-refractivity contribution is 0.387. The summed E-state index contributed by atoms with van der Waals surface area (Å²) in [4.78, 5) is 12.6. The normalized spacial score (nSPS) is 24.1. The lowest BCUT2D eigenvalue weighted by Gasteiger charge is -2.31. The lowest BCUT2D eigenvalue weighted by Crippen LogP contribution is -2.39. The molecule has 7 heteroatoms. The lowest BCUT2D eigenvalue weighted by atomic mass is 9.84. The number of thiazole rings is 2. The fourth-order valence-corrected chi connectivity index (χ4v) is 6.86. The first kappa shape index (κ1) is 20.3. The Kier molecular flexibility index (Phi) is 6.66. The van der Waals surface area contributed by atoms with Crippen LogP contribution in [-0.4, -0.2) is 35.1 Å². The molecule has 0 saturated carbocycles. The molecule has 2 aromatic rings. The van der Waals surface area contributed by atoms with Crippen molar-refractivity contribution in [1.82, 2.24) is 20.6 Å². The van der Waals surface area contributed by atoms with E-state index in [0.717, 1.165) is 50.3 Å². The van der Waals surface area contributed by atoms with Crippen LogP contribution < -0.4 is 16.4 Å². The average Bonchev–Trinajstić information content (AvgIpc) is 3.27. The van der Waals surface area contributed by atoms with E-state index in [9.17, 15) is 0 Å². The Morgan fingerprint density at radius 3 is 2.61 bits per heavy atom. The van der Waals surface area contributed by atoms with Crippen LogP contribution in [0.15, 0.2) is 0 Å². The number of aromatic nitrogens is 2. The predicted octanol–water partition coefficient (Wildman–Crippen LogP) is 3.68. The van der Waals surface area contributed by atoms with Crippen LogP contribution in [-0.2, 0) is 25.7 Å². The summed E-state index contributed by atoms with van der Waals surface area (Å²) in [5, 5.41) is 9.50. The molecule has 0 bridgehead atoms. The molecule has 0 saturated heterocycles. The first-order chi connectivity index (χ1) is 13.7. The molecule has 3 atom stereocenters. The number of aryl methyl sites for hydroxylation is 2. The molecule has 0 aliphatic heterocycles. The molecule has 0 unspecified atom stereocenters. The van der Waals surface area contributed by atoms with Crippen LogP contribution in [0.1, 0.15) is 71.6 Å². The van der Waals surface area contributed by atoms with Gasteiger partial charge in [-0.05, 0) is 58.0 Å². The Balaban J connectivity index is 1.51. The molecule has 2 aliphatic carbocycles. The molecule has 2 aromatic heterocycles. The maximum atomic E-state index is 6.06. The number of fused-ring (bicyclic) bond motifs is 2. The fraction of sp³-hybridized carbons (Fsp3) is 0.714. The molecule has 2 heterocycles. The number of nitrogens with two attached hydrogens (primary N) is 1. The third-order valence-corrected chi connectivity index (χ3v) is 8.18. The molecule has 154 valence electrons. The zero-order valence-electron chi connectivity index (χ0n) is 17.1. The van der Waals surface area contributed by atoms with Crippen molar-refractivity contribution in [2.45, 2.75) is 83.2 Å². The number of nitrogens with zero attached hydrogens (tertiary/aromatic N) is 2. The van der Waals surface area contributed by atoms with Crippen molar-refractivity contribution in [3.8, 4) is 0 Å². The Bertz CT molecular complexity index is 784. The number of anilines is 1. The van der Waals surface area contributed by atoms with Gasteiger partial charge >= 0.3 is 0 Å². The van der Waals surface area contributed by atoms with Crippen molar-refractivity contribution < 1.29 is 0 Å². The highest BCUT2D eigenvalue weighted by atomic mass is 32.1. The van der Waals surface area contributed by atoms with Gasteiger partial charge in [0.25, 0.3) is 0 Å². The summed E-state index contributed by atoms with van der Waals surface area (Å²) < 4.78 is 0. The third kappa shape index (κ3) is 4.42. The standard InChI is InChI=1S/C21H33N5S2/c1-3-9-23-13-5-6-16-18(11-13)27-19(25-16)12-14-15(24-10-4-2)7-8-17-20(14)28-21(22)26-17/h13-15,23-24H,3-12H2,1-2H3,(H2,22,26)/t13-,14+,15+/m1/s1. The average molecular weight is 420 g/mol. The number of hydrogen-bond donors (Lipinski definition) is 3. The van der Waals surface area contributed by atoms with Crippen molar-refractivity contribution >= 4 is 27.8 Å². The van der Waals surface area contributed by atoms with E-state index in [1.165, 1.54) is 45.4 Å². The first-order valence-corrected chi connectivity index (χ1v) is 12.5. The van der Waals surface area contributed by atoms with Gasteiger partial charge in [-0.15, -0.1) is 22.7 Å². The number of nitrogen functional groups attached to an aromatic ring is 1. The van der Waals surface area contributed by atoms with Gasteiger partial charge in [0.2, 0.25) is 0 Å². The molecule has 5 nitrogen and oxygen atoms in total. The van der Waals surface area contributed by atoms with E-state index in [2.05, 4.69) is 29.5 Å². The molecule has 0 fully saturated rings. The minimum atomic E-state index is 0.451. The molecule has 2 aliphatic rings. The minimum Gasteiger partial charge on any atom is -0.375 e. The van der Waals surface area contributed by atoms with Crippen molar-refractivity contribution in [2.24, 2.45) is 0 Å². The highest BCUT2D eigenvalue weighted by Gasteiger charge is 2.33. The zero-order valence-corrected chi connectivity index (χ0v) is 18.7. The summed E-state index contributed by atoms with van der Waals surface area (Å²) in [5.74, 6) is 0.451. The largest absolute Gasteiger partial charge is 0.375 e. The number of hydrogen-bond acceptors (Lipinski definition) is 7. The summed E-state index contributed by atoms with van der Waals surface area (Å²) in [7, 11) is 0. The van der Waals surface area contributed by atoms with Gasteiger partial charge in [-0.1, -0.05) is 13.8 Å². The molecular weight excluding hydrogens is 386 g/mol. The van der Waals surface area contributed by atoms with Crippen LogP contribution in [0.4, 0.5) is 5.13 Å². The van der Waals surface area contributed by atoms with Gasteiger partial charge < -0.3 is 16.4 Å². The quantitative estimate of drug-likeness (QED) is 0.608. The highest BCUT2D eigenvalue weighted by molar-refractivity contribution is 7.15. The molecule has 0 amide bonds. The molecular formula is C21H33N5S2. The topological polar surface area (TPSA) is 75.9 Å². The summed E-state index contributed by atoms with van der Waals surface area (Å²) in [6, 6.07) is 1.13. The summed E-state index contributed by atoms with van der Waals surface area (Å²) in [6.45, 7) is 6.66. The predicted molar refractivity (Wildman–Crippen MR) is 120 cm³/mol. The van der Waals surface area contributed by atoms with E-state index in [-0.39, 0.29) is 0 Å². The number of nitrogens with one attached hydrogen (secondary N) is 2. The molecule has 0 aromatic carbocycles. The SMILES string of the molecule is CCCN[C@@H]1CCc2nc(C[C@@H]3c4sc(N)nc4CC[C@@H]3NCCC)sc2C1. The fourth-order valence-electron chi connectivity index (χ4n) is 4.56. The van der Waals surface area contributed by atoms with Gasteiger partial charge in [0.1, 0.15) is 0 Å². The van der Waals surface area contributed by atoms with Crippen LogP contribution in [0.5, 0.6) is 0 Å². The maximum Gasteiger partial charge on any atom is 0.180 e. The molecule has 28 heavy (non-hydrogen) atoms. The highest BCUT2D eigenvalue weighted by Crippen LogP contribution is 2.40. The van der Waals surface area contributed by atoms with E-state index in [1.54, 1.807) is 11.3 Å². The smallest absolute Gasteiger partial charge is 0.180 e. The van der Waals surface area contributed by atoms with Crippen LogP contribution in [0, 0.1) is 0 Å². The number of rotatable bonds is 8. The van der Waals surface area contributed by atoms with Crippen LogP contribution in [0.2, 0.25) is 0 Å².